The molecule has 0 radical (unpaired) electrons. The molecule has 0 aliphatic heterocycles. The minimum atomic E-state index is -0.782. The topological polar surface area (TPSA) is 78.9 Å². The first-order valence-electron chi connectivity index (χ1n) is 33.2. The summed E-state index contributed by atoms with van der Waals surface area (Å²) in [5.41, 5.74) is 0. The predicted octanol–water partition coefficient (Wildman–Crippen LogP) is 22.8. The van der Waals surface area contributed by atoms with Crippen LogP contribution in [0.1, 0.15) is 323 Å². The van der Waals surface area contributed by atoms with Crippen LogP contribution in [-0.2, 0) is 28.6 Å². The van der Waals surface area contributed by atoms with Gasteiger partial charge in [-0.05, 0) is 96.3 Å². The van der Waals surface area contributed by atoms with E-state index in [0.29, 0.717) is 19.3 Å². The van der Waals surface area contributed by atoms with Gasteiger partial charge in [0.05, 0.1) is 0 Å². The van der Waals surface area contributed by atoms with Crippen molar-refractivity contribution >= 4 is 17.9 Å². The van der Waals surface area contributed by atoms with Gasteiger partial charge < -0.3 is 14.2 Å². The van der Waals surface area contributed by atoms with E-state index < -0.39 is 6.10 Å². The Morgan fingerprint density at radius 2 is 0.500 bits per heavy atom. The first-order valence-corrected chi connectivity index (χ1v) is 33.2. The van der Waals surface area contributed by atoms with Gasteiger partial charge in [0, 0.05) is 19.3 Å². The third-order valence-electron chi connectivity index (χ3n) is 14.3. The van der Waals surface area contributed by atoms with Crippen molar-refractivity contribution in [2.75, 3.05) is 13.2 Å². The Morgan fingerprint density at radius 3 is 0.782 bits per heavy atom. The Morgan fingerprint density at radius 1 is 0.269 bits per heavy atom. The second-order valence-corrected chi connectivity index (χ2v) is 22.0. The van der Waals surface area contributed by atoms with E-state index in [-0.39, 0.29) is 31.1 Å². The molecular formula is C72H124O6. The van der Waals surface area contributed by atoms with Crippen molar-refractivity contribution in [1.82, 2.24) is 0 Å². The number of hydrogen-bond donors (Lipinski definition) is 0. The van der Waals surface area contributed by atoms with E-state index in [1.165, 1.54) is 167 Å². The zero-order chi connectivity index (χ0) is 56.4. The van der Waals surface area contributed by atoms with Crippen LogP contribution in [0.5, 0.6) is 0 Å². The van der Waals surface area contributed by atoms with Gasteiger partial charge in [-0.15, -0.1) is 0 Å². The fourth-order valence-electron chi connectivity index (χ4n) is 9.43. The van der Waals surface area contributed by atoms with Crippen molar-refractivity contribution in [3.05, 3.63) is 97.2 Å². The van der Waals surface area contributed by atoms with Gasteiger partial charge in [-0.3, -0.25) is 14.4 Å². The van der Waals surface area contributed by atoms with Crippen LogP contribution >= 0.6 is 0 Å². The number of carbonyl (C=O) groups excluding carboxylic acids is 3. The van der Waals surface area contributed by atoms with Gasteiger partial charge in [-0.1, -0.05) is 304 Å². The molecule has 0 rings (SSSR count). The molecule has 6 heteroatoms. The summed E-state index contributed by atoms with van der Waals surface area (Å²) in [6.45, 7) is 6.44. The van der Waals surface area contributed by atoms with Crippen molar-refractivity contribution < 1.29 is 28.6 Å². The SMILES string of the molecule is CC/C=C\C/C=C\C/C=C\C/C=C\C/C=C\CCCCCCCCCCCCCCCC(=O)OCC(COC(=O)CCCCCCCCCCCCCCCC)OC(=O)CCCCCCCCC/C=C\C/C=C\C/C=C\CC. The maximum atomic E-state index is 12.9. The Balaban J connectivity index is 4.26. The first-order chi connectivity index (χ1) is 38.5. The van der Waals surface area contributed by atoms with Gasteiger partial charge in [0.25, 0.3) is 0 Å². The van der Waals surface area contributed by atoms with Gasteiger partial charge in [-0.2, -0.15) is 0 Å². The molecule has 0 heterocycles. The van der Waals surface area contributed by atoms with Crippen LogP contribution in [0.15, 0.2) is 97.2 Å². The van der Waals surface area contributed by atoms with E-state index in [1.807, 2.05) is 0 Å². The fraction of sp³-hybridized carbons (Fsp3) is 0.736. The van der Waals surface area contributed by atoms with Crippen LogP contribution in [-0.4, -0.2) is 37.2 Å². The minimum absolute atomic E-state index is 0.0780. The van der Waals surface area contributed by atoms with Crippen molar-refractivity contribution in [3.63, 3.8) is 0 Å². The van der Waals surface area contributed by atoms with Crippen molar-refractivity contribution in [1.29, 1.82) is 0 Å². The average Bonchev–Trinajstić information content (AvgIpc) is 3.44. The molecule has 6 nitrogen and oxygen atoms in total. The van der Waals surface area contributed by atoms with Gasteiger partial charge in [0.1, 0.15) is 13.2 Å². The zero-order valence-corrected chi connectivity index (χ0v) is 51.4. The molecule has 0 aliphatic rings. The summed E-state index contributed by atoms with van der Waals surface area (Å²) in [4.78, 5) is 38.3. The number of unbranched alkanes of at least 4 members (excludes halogenated alkanes) is 33. The molecule has 0 aliphatic carbocycles. The molecule has 0 saturated heterocycles. The van der Waals surface area contributed by atoms with E-state index >= 15 is 0 Å². The number of esters is 3. The highest BCUT2D eigenvalue weighted by Gasteiger charge is 2.19. The van der Waals surface area contributed by atoms with E-state index in [2.05, 4.69) is 118 Å². The molecule has 1 unspecified atom stereocenters. The highest BCUT2D eigenvalue weighted by Crippen LogP contribution is 2.17. The van der Waals surface area contributed by atoms with Crippen molar-refractivity contribution in [3.8, 4) is 0 Å². The quantitative estimate of drug-likeness (QED) is 0.0261. The lowest BCUT2D eigenvalue weighted by Gasteiger charge is -2.18. The molecule has 448 valence electrons. The second-order valence-electron chi connectivity index (χ2n) is 22.0. The van der Waals surface area contributed by atoms with Crippen LogP contribution in [0.25, 0.3) is 0 Å². The van der Waals surface area contributed by atoms with Crippen LogP contribution < -0.4 is 0 Å². The summed E-state index contributed by atoms with van der Waals surface area (Å²) >= 11 is 0. The van der Waals surface area contributed by atoms with Crippen LogP contribution in [0.4, 0.5) is 0 Å². The van der Waals surface area contributed by atoms with Crippen LogP contribution in [0.2, 0.25) is 0 Å². The Kier molecular flexibility index (Phi) is 62.7. The maximum absolute atomic E-state index is 12.9. The van der Waals surface area contributed by atoms with E-state index in [4.69, 9.17) is 14.2 Å². The molecule has 0 spiro atoms. The molecule has 0 aromatic carbocycles. The molecule has 0 saturated carbocycles. The standard InChI is InChI=1S/C72H124O6/c1-4-7-10-13-16-19-22-25-28-30-31-32-33-34-35-36-37-38-39-40-41-43-44-47-50-53-56-59-62-65-71(74)77-68-69(67-76-70(73)64-61-58-55-52-49-46-27-24-21-18-15-12-9-6-3)78-72(75)66-63-60-57-54-51-48-45-42-29-26-23-20-17-14-11-8-5-2/h7-8,10-11,16-17,19-20,25-26,28-29,31-32,34-35,69H,4-6,9,12-15,18,21-24,27,30,33,36-68H2,1-3H3/b10-7-,11-8-,19-16-,20-17-,28-25-,29-26-,32-31-,35-34-. The van der Waals surface area contributed by atoms with Gasteiger partial charge in [0.15, 0.2) is 6.10 Å². The molecule has 78 heavy (non-hydrogen) atoms. The largest absolute Gasteiger partial charge is 0.462 e. The summed E-state index contributed by atoms with van der Waals surface area (Å²) in [5, 5.41) is 0. The third kappa shape index (κ3) is 63.2. The number of ether oxygens (including phenoxy) is 3. The van der Waals surface area contributed by atoms with E-state index in [1.54, 1.807) is 0 Å². The second kappa shape index (κ2) is 65.8. The Labute approximate surface area is 483 Å². The number of rotatable bonds is 60. The lowest BCUT2D eigenvalue weighted by atomic mass is 10.0. The molecule has 0 amide bonds. The summed E-state index contributed by atoms with van der Waals surface area (Å²) in [6, 6.07) is 0. The fourth-order valence-corrected chi connectivity index (χ4v) is 9.43. The number of hydrogen-bond acceptors (Lipinski definition) is 6. The number of carbonyl (C=O) groups is 3. The highest BCUT2D eigenvalue weighted by molar-refractivity contribution is 5.71. The van der Waals surface area contributed by atoms with Crippen molar-refractivity contribution in [2.24, 2.45) is 0 Å². The highest BCUT2D eigenvalue weighted by atomic mass is 16.6. The van der Waals surface area contributed by atoms with E-state index in [0.717, 1.165) is 116 Å². The molecular weight excluding hydrogens is 961 g/mol. The molecule has 0 N–H and O–H groups in total. The molecule has 1 atom stereocenters. The maximum Gasteiger partial charge on any atom is 0.306 e. The smallest absolute Gasteiger partial charge is 0.306 e. The number of allylic oxidation sites excluding steroid dienone is 16. The Bertz CT molecular complexity index is 1530. The Hall–Kier alpha value is -3.67. The van der Waals surface area contributed by atoms with Crippen LogP contribution in [0, 0.1) is 0 Å². The first kappa shape index (κ1) is 74.3. The van der Waals surface area contributed by atoms with Gasteiger partial charge in [-0.25, -0.2) is 0 Å². The summed E-state index contributed by atoms with van der Waals surface area (Å²) in [6.07, 6.45) is 88.5. The average molecular weight is 1090 g/mol. The lowest BCUT2D eigenvalue weighted by Crippen LogP contribution is -2.30. The van der Waals surface area contributed by atoms with Crippen molar-refractivity contribution in [2.45, 2.75) is 329 Å². The summed E-state index contributed by atoms with van der Waals surface area (Å²) in [5.74, 6) is -0.875. The zero-order valence-electron chi connectivity index (χ0n) is 51.4. The van der Waals surface area contributed by atoms with Gasteiger partial charge in [0.2, 0.25) is 0 Å². The predicted molar refractivity (Wildman–Crippen MR) is 339 cm³/mol. The van der Waals surface area contributed by atoms with Crippen LogP contribution in [0.3, 0.4) is 0 Å². The monoisotopic (exact) mass is 1080 g/mol. The minimum Gasteiger partial charge on any atom is -0.462 e. The summed E-state index contributed by atoms with van der Waals surface area (Å²) < 4.78 is 16.9. The lowest BCUT2D eigenvalue weighted by molar-refractivity contribution is -0.167. The summed E-state index contributed by atoms with van der Waals surface area (Å²) in [7, 11) is 0. The molecule has 0 fully saturated rings. The molecule has 0 aromatic heterocycles. The van der Waals surface area contributed by atoms with E-state index in [9.17, 15) is 14.4 Å². The molecule has 0 bridgehead atoms. The third-order valence-corrected chi connectivity index (χ3v) is 14.3. The normalized spacial score (nSPS) is 12.7. The van der Waals surface area contributed by atoms with Gasteiger partial charge >= 0.3 is 17.9 Å². The molecule has 0 aromatic rings.